The summed E-state index contributed by atoms with van der Waals surface area (Å²) in [5, 5.41) is 12.8. The van der Waals surface area contributed by atoms with Crippen molar-refractivity contribution in [3.8, 4) is 5.75 Å². The molecule has 0 unspecified atom stereocenters. The van der Waals surface area contributed by atoms with E-state index in [0.29, 0.717) is 22.6 Å². The van der Waals surface area contributed by atoms with Gasteiger partial charge in [0.2, 0.25) is 0 Å². The van der Waals surface area contributed by atoms with E-state index in [1.54, 1.807) is 18.2 Å². The average Bonchev–Trinajstić information content (AvgIpc) is 2.55. The van der Waals surface area contributed by atoms with Gasteiger partial charge < -0.3 is 16.2 Å². The average molecular weight is 313 g/mol. The standard InChI is InChI=1S/C17H13F2N3O/c18-11-3-1-10-2-5-15(22-16(10)7-11)14(20)9-21-12-4-6-17(23)13(19)8-12/h1-9,21,23H,20H2/b14-9-. The fourth-order valence-corrected chi connectivity index (χ4v) is 2.08. The number of aromatic nitrogens is 1. The molecule has 0 saturated heterocycles. The van der Waals surface area contributed by atoms with Gasteiger partial charge in [-0.1, -0.05) is 6.07 Å². The van der Waals surface area contributed by atoms with Gasteiger partial charge in [0.25, 0.3) is 0 Å². The van der Waals surface area contributed by atoms with Crippen LogP contribution in [0.3, 0.4) is 0 Å². The zero-order valence-corrected chi connectivity index (χ0v) is 11.9. The number of fused-ring (bicyclic) bond motifs is 1. The summed E-state index contributed by atoms with van der Waals surface area (Å²) in [6.45, 7) is 0. The molecule has 116 valence electrons. The molecule has 0 fully saturated rings. The third kappa shape index (κ3) is 3.21. The van der Waals surface area contributed by atoms with Crippen LogP contribution in [0.4, 0.5) is 14.5 Å². The number of anilines is 1. The first-order valence-electron chi connectivity index (χ1n) is 6.80. The summed E-state index contributed by atoms with van der Waals surface area (Å²) < 4.78 is 26.5. The Morgan fingerprint density at radius 1 is 1.09 bits per heavy atom. The number of nitrogens with two attached hydrogens (primary N) is 1. The number of rotatable bonds is 3. The maximum atomic E-state index is 13.3. The normalized spacial score (nSPS) is 11.7. The van der Waals surface area contributed by atoms with E-state index in [4.69, 9.17) is 10.8 Å². The van der Waals surface area contributed by atoms with Gasteiger partial charge in [0.15, 0.2) is 11.6 Å². The molecular formula is C17H13F2N3O. The third-order valence-corrected chi connectivity index (χ3v) is 3.29. The highest BCUT2D eigenvalue weighted by Crippen LogP contribution is 2.20. The van der Waals surface area contributed by atoms with Crippen LogP contribution in [0.25, 0.3) is 16.6 Å². The summed E-state index contributed by atoms with van der Waals surface area (Å²) in [7, 11) is 0. The molecule has 0 aliphatic heterocycles. The minimum atomic E-state index is -0.735. The molecule has 0 saturated carbocycles. The second-order valence-corrected chi connectivity index (χ2v) is 4.94. The molecule has 0 atom stereocenters. The highest BCUT2D eigenvalue weighted by Gasteiger charge is 2.04. The SMILES string of the molecule is N/C(=C\Nc1ccc(O)c(F)c1)c1ccc2ccc(F)cc2n1. The molecule has 0 amide bonds. The maximum Gasteiger partial charge on any atom is 0.166 e. The lowest BCUT2D eigenvalue weighted by molar-refractivity contribution is 0.432. The Labute approximate surface area is 130 Å². The first-order valence-corrected chi connectivity index (χ1v) is 6.80. The quantitative estimate of drug-likeness (QED) is 0.646. The van der Waals surface area contributed by atoms with Crippen LogP contribution < -0.4 is 11.1 Å². The summed E-state index contributed by atoms with van der Waals surface area (Å²) >= 11 is 0. The summed E-state index contributed by atoms with van der Waals surface area (Å²) in [5.74, 6) is -1.53. The van der Waals surface area contributed by atoms with Crippen molar-refractivity contribution in [3.63, 3.8) is 0 Å². The topological polar surface area (TPSA) is 71.2 Å². The molecule has 0 spiro atoms. The van der Waals surface area contributed by atoms with E-state index >= 15 is 0 Å². The molecule has 2 aromatic carbocycles. The summed E-state index contributed by atoms with van der Waals surface area (Å²) in [5.41, 5.74) is 7.64. The highest BCUT2D eigenvalue weighted by molar-refractivity contribution is 5.80. The van der Waals surface area contributed by atoms with Gasteiger partial charge in [0.1, 0.15) is 5.82 Å². The number of halogens is 2. The molecule has 4 nitrogen and oxygen atoms in total. The van der Waals surface area contributed by atoms with Gasteiger partial charge in [-0.25, -0.2) is 13.8 Å². The Morgan fingerprint density at radius 3 is 2.65 bits per heavy atom. The second kappa shape index (κ2) is 5.92. The first-order chi connectivity index (χ1) is 11.0. The lowest BCUT2D eigenvalue weighted by atomic mass is 10.2. The van der Waals surface area contributed by atoms with Gasteiger partial charge in [-0.15, -0.1) is 0 Å². The predicted octanol–water partition coefficient (Wildman–Crippen LogP) is 3.59. The Hall–Kier alpha value is -3.15. The lowest BCUT2D eigenvalue weighted by Crippen LogP contribution is -2.02. The van der Waals surface area contributed by atoms with E-state index in [1.807, 2.05) is 0 Å². The number of aromatic hydroxyl groups is 1. The van der Waals surface area contributed by atoms with Crippen LogP contribution in [0.2, 0.25) is 0 Å². The summed E-state index contributed by atoms with van der Waals surface area (Å²) in [6, 6.07) is 11.7. The second-order valence-electron chi connectivity index (χ2n) is 4.94. The van der Waals surface area contributed by atoms with Crippen LogP contribution in [0.5, 0.6) is 5.75 Å². The molecule has 3 aromatic rings. The Balaban J connectivity index is 1.86. The van der Waals surface area contributed by atoms with Crippen LogP contribution >= 0.6 is 0 Å². The van der Waals surface area contributed by atoms with Crippen molar-refractivity contribution >= 4 is 22.3 Å². The molecule has 0 radical (unpaired) electrons. The molecule has 3 rings (SSSR count). The van der Waals surface area contributed by atoms with Crippen molar-refractivity contribution in [2.75, 3.05) is 5.32 Å². The van der Waals surface area contributed by atoms with E-state index < -0.39 is 11.6 Å². The fraction of sp³-hybridized carbons (Fsp3) is 0. The minimum absolute atomic E-state index is 0.310. The molecule has 0 aliphatic carbocycles. The third-order valence-electron chi connectivity index (χ3n) is 3.29. The van der Waals surface area contributed by atoms with Gasteiger partial charge in [0, 0.05) is 29.4 Å². The van der Waals surface area contributed by atoms with Crippen LogP contribution in [-0.2, 0) is 0 Å². The molecule has 0 aliphatic rings. The smallest absolute Gasteiger partial charge is 0.166 e. The van der Waals surface area contributed by atoms with Gasteiger partial charge in [-0.3, -0.25) is 0 Å². The van der Waals surface area contributed by atoms with Crippen molar-refractivity contribution < 1.29 is 13.9 Å². The monoisotopic (exact) mass is 313 g/mol. The van der Waals surface area contributed by atoms with E-state index in [9.17, 15) is 8.78 Å². The zero-order valence-electron chi connectivity index (χ0n) is 11.9. The van der Waals surface area contributed by atoms with Crippen molar-refractivity contribution in [1.82, 2.24) is 4.98 Å². The van der Waals surface area contributed by atoms with E-state index in [2.05, 4.69) is 10.3 Å². The molecule has 4 N–H and O–H groups in total. The number of nitrogens with zero attached hydrogens (tertiary/aromatic N) is 1. The van der Waals surface area contributed by atoms with Gasteiger partial charge in [-0.05, 0) is 30.3 Å². The van der Waals surface area contributed by atoms with Crippen molar-refractivity contribution in [3.05, 3.63) is 72.1 Å². The maximum absolute atomic E-state index is 13.3. The number of hydrogen-bond donors (Lipinski definition) is 3. The highest BCUT2D eigenvalue weighted by atomic mass is 19.1. The first kappa shape index (κ1) is 14.8. The fourth-order valence-electron chi connectivity index (χ4n) is 2.08. The predicted molar refractivity (Wildman–Crippen MR) is 85.6 cm³/mol. The number of phenolic OH excluding ortho intramolecular Hbond substituents is 1. The summed E-state index contributed by atoms with van der Waals surface area (Å²) in [6.07, 6.45) is 1.46. The molecule has 1 aromatic heterocycles. The minimum Gasteiger partial charge on any atom is -0.505 e. The lowest BCUT2D eigenvalue weighted by Gasteiger charge is -2.06. The van der Waals surface area contributed by atoms with Crippen molar-refractivity contribution in [1.29, 1.82) is 0 Å². The van der Waals surface area contributed by atoms with E-state index in [0.717, 1.165) is 11.5 Å². The Bertz CT molecular complexity index is 909. The van der Waals surface area contributed by atoms with Crippen LogP contribution in [-0.4, -0.2) is 10.1 Å². The zero-order chi connectivity index (χ0) is 16.4. The van der Waals surface area contributed by atoms with Crippen molar-refractivity contribution in [2.24, 2.45) is 5.73 Å². The number of hydrogen-bond acceptors (Lipinski definition) is 4. The van der Waals surface area contributed by atoms with Gasteiger partial charge in [0.05, 0.1) is 16.9 Å². The van der Waals surface area contributed by atoms with E-state index in [1.165, 1.54) is 30.5 Å². The summed E-state index contributed by atoms with van der Waals surface area (Å²) in [4.78, 5) is 4.29. The molecule has 1 heterocycles. The van der Waals surface area contributed by atoms with Crippen LogP contribution in [0.15, 0.2) is 54.7 Å². The Morgan fingerprint density at radius 2 is 1.87 bits per heavy atom. The van der Waals surface area contributed by atoms with Gasteiger partial charge >= 0.3 is 0 Å². The largest absolute Gasteiger partial charge is 0.505 e. The number of pyridine rings is 1. The number of phenols is 1. The number of benzene rings is 2. The molecule has 6 heteroatoms. The van der Waals surface area contributed by atoms with Crippen molar-refractivity contribution in [2.45, 2.75) is 0 Å². The number of nitrogens with one attached hydrogen (secondary N) is 1. The van der Waals surface area contributed by atoms with Crippen LogP contribution in [0.1, 0.15) is 5.69 Å². The Kier molecular flexibility index (Phi) is 3.80. The van der Waals surface area contributed by atoms with E-state index in [-0.39, 0.29) is 5.82 Å². The van der Waals surface area contributed by atoms with Gasteiger partial charge in [-0.2, -0.15) is 0 Å². The molecular weight excluding hydrogens is 300 g/mol. The molecule has 0 bridgehead atoms. The molecule has 23 heavy (non-hydrogen) atoms. The van der Waals surface area contributed by atoms with Crippen LogP contribution in [0, 0.1) is 11.6 Å².